The standard InChI is InChI=1S/C19H21NO2/c1-14-13-17(20(2)18(14)21)19(22,15-9-5-3-6-10-15)16-11-7-4-8-12-16/h3-12,14,17,22H,13H2,1-2H3. The van der Waals surface area contributed by atoms with Crippen LogP contribution in [0.2, 0.25) is 0 Å². The number of nitrogens with zero attached hydrogens (tertiary/aromatic N) is 1. The van der Waals surface area contributed by atoms with Crippen molar-refractivity contribution in [2.24, 2.45) is 5.92 Å². The summed E-state index contributed by atoms with van der Waals surface area (Å²) in [5.41, 5.74) is 0.442. The number of benzene rings is 2. The molecule has 0 aliphatic carbocycles. The van der Waals surface area contributed by atoms with Gasteiger partial charge in [0.15, 0.2) is 0 Å². The van der Waals surface area contributed by atoms with Crippen molar-refractivity contribution in [1.29, 1.82) is 0 Å². The zero-order chi connectivity index (χ0) is 15.7. The highest BCUT2D eigenvalue weighted by Crippen LogP contribution is 2.41. The minimum atomic E-state index is -1.20. The van der Waals surface area contributed by atoms with Crippen LogP contribution in [0, 0.1) is 5.92 Å². The van der Waals surface area contributed by atoms with Gasteiger partial charge in [0.05, 0.1) is 6.04 Å². The van der Waals surface area contributed by atoms with Gasteiger partial charge in [0.25, 0.3) is 0 Å². The van der Waals surface area contributed by atoms with Crippen LogP contribution in [-0.2, 0) is 10.4 Å². The highest BCUT2D eigenvalue weighted by Gasteiger charge is 2.49. The van der Waals surface area contributed by atoms with Crippen LogP contribution in [0.15, 0.2) is 60.7 Å². The lowest BCUT2D eigenvalue weighted by atomic mass is 9.78. The summed E-state index contributed by atoms with van der Waals surface area (Å²) >= 11 is 0. The van der Waals surface area contributed by atoms with Gasteiger partial charge in [-0.3, -0.25) is 4.79 Å². The van der Waals surface area contributed by atoms with Crippen molar-refractivity contribution in [3.05, 3.63) is 71.8 Å². The van der Waals surface area contributed by atoms with E-state index in [1.54, 1.807) is 11.9 Å². The van der Waals surface area contributed by atoms with Crippen LogP contribution in [0.4, 0.5) is 0 Å². The molecule has 0 aromatic heterocycles. The molecule has 1 saturated heterocycles. The number of hydrogen-bond acceptors (Lipinski definition) is 2. The SMILES string of the molecule is CC1CC(C(O)(c2ccccc2)c2ccccc2)N(C)C1=O. The van der Waals surface area contributed by atoms with Crippen molar-refractivity contribution in [1.82, 2.24) is 4.90 Å². The molecule has 2 aromatic rings. The Labute approximate surface area is 131 Å². The smallest absolute Gasteiger partial charge is 0.225 e. The van der Waals surface area contributed by atoms with Crippen LogP contribution < -0.4 is 0 Å². The zero-order valence-electron chi connectivity index (χ0n) is 12.9. The van der Waals surface area contributed by atoms with Crippen LogP contribution in [-0.4, -0.2) is 29.0 Å². The van der Waals surface area contributed by atoms with Gasteiger partial charge in [-0.1, -0.05) is 67.6 Å². The second-order valence-corrected chi connectivity index (χ2v) is 6.10. The van der Waals surface area contributed by atoms with Gasteiger partial charge in [0.1, 0.15) is 5.60 Å². The van der Waals surface area contributed by atoms with E-state index in [4.69, 9.17) is 0 Å². The first-order valence-electron chi connectivity index (χ1n) is 7.65. The van der Waals surface area contributed by atoms with Gasteiger partial charge in [-0.2, -0.15) is 0 Å². The van der Waals surface area contributed by atoms with E-state index in [-0.39, 0.29) is 17.9 Å². The number of carbonyl (C=O) groups is 1. The van der Waals surface area contributed by atoms with Crippen LogP contribution in [0.1, 0.15) is 24.5 Å². The minimum absolute atomic E-state index is 0.0612. The molecule has 1 aliphatic rings. The number of rotatable bonds is 3. The number of likely N-dealkylation sites (N-methyl/N-ethyl adjacent to an activating group) is 1. The Morgan fingerprint density at radius 1 is 1.00 bits per heavy atom. The summed E-state index contributed by atoms with van der Waals surface area (Å²) in [6.45, 7) is 1.93. The van der Waals surface area contributed by atoms with Gasteiger partial charge in [0, 0.05) is 13.0 Å². The third-order valence-electron chi connectivity index (χ3n) is 4.72. The first-order chi connectivity index (χ1) is 10.5. The fraction of sp³-hybridized carbons (Fsp3) is 0.316. The second-order valence-electron chi connectivity index (χ2n) is 6.10. The summed E-state index contributed by atoms with van der Waals surface area (Å²) in [5.74, 6) is 0.0317. The third-order valence-corrected chi connectivity index (χ3v) is 4.72. The average Bonchev–Trinajstić information content (AvgIpc) is 2.83. The van der Waals surface area contributed by atoms with Crippen LogP contribution in [0.25, 0.3) is 0 Å². The molecule has 1 fully saturated rings. The van der Waals surface area contributed by atoms with Crippen molar-refractivity contribution in [3.8, 4) is 0 Å². The molecule has 3 heteroatoms. The Balaban J connectivity index is 2.15. The van der Waals surface area contributed by atoms with Gasteiger partial charge in [-0.25, -0.2) is 0 Å². The monoisotopic (exact) mass is 295 g/mol. The van der Waals surface area contributed by atoms with E-state index < -0.39 is 5.60 Å². The number of likely N-dealkylation sites (tertiary alicyclic amines) is 1. The van der Waals surface area contributed by atoms with Gasteiger partial charge in [-0.05, 0) is 17.5 Å². The molecule has 1 aliphatic heterocycles. The van der Waals surface area contributed by atoms with Crippen molar-refractivity contribution in [2.45, 2.75) is 25.0 Å². The van der Waals surface area contributed by atoms with Gasteiger partial charge in [0.2, 0.25) is 5.91 Å². The predicted octanol–water partition coefficient (Wildman–Crippen LogP) is 2.79. The molecule has 2 atom stereocenters. The molecule has 3 nitrogen and oxygen atoms in total. The molecular formula is C19H21NO2. The fourth-order valence-corrected chi connectivity index (χ4v) is 3.48. The van der Waals surface area contributed by atoms with E-state index in [1.807, 2.05) is 67.6 Å². The van der Waals surface area contributed by atoms with E-state index in [0.29, 0.717) is 6.42 Å². The summed E-state index contributed by atoms with van der Waals surface area (Å²) < 4.78 is 0. The second kappa shape index (κ2) is 5.58. The molecule has 2 aromatic carbocycles. The Bertz CT molecular complexity index is 614. The molecule has 0 spiro atoms. The number of carbonyl (C=O) groups excluding carboxylic acids is 1. The molecule has 22 heavy (non-hydrogen) atoms. The van der Waals surface area contributed by atoms with Crippen LogP contribution >= 0.6 is 0 Å². The van der Waals surface area contributed by atoms with Gasteiger partial charge >= 0.3 is 0 Å². The third kappa shape index (κ3) is 2.22. The maximum atomic E-state index is 12.2. The molecular weight excluding hydrogens is 274 g/mol. The summed E-state index contributed by atoms with van der Waals surface area (Å²) in [5, 5.41) is 11.7. The average molecular weight is 295 g/mol. The molecule has 1 heterocycles. The molecule has 0 radical (unpaired) electrons. The van der Waals surface area contributed by atoms with Gasteiger partial charge < -0.3 is 10.0 Å². The largest absolute Gasteiger partial charge is 0.378 e. The Kier molecular flexibility index (Phi) is 3.75. The van der Waals surface area contributed by atoms with Crippen molar-refractivity contribution >= 4 is 5.91 Å². The normalized spacial score (nSPS) is 22.1. The minimum Gasteiger partial charge on any atom is -0.378 e. The van der Waals surface area contributed by atoms with Crippen LogP contribution in [0.3, 0.4) is 0 Å². The molecule has 2 unspecified atom stereocenters. The lowest BCUT2D eigenvalue weighted by Gasteiger charge is -2.38. The molecule has 1 N–H and O–H groups in total. The Hall–Kier alpha value is -2.13. The van der Waals surface area contributed by atoms with Crippen molar-refractivity contribution < 1.29 is 9.90 Å². The quantitative estimate of drug-likeness (QED) is 0.946. The van der Waals surface area contributed by atoms with E-state index >= 15 is 0 Å². The fourth-order valence-electron chi connectivity index (χ4n) is 3.48. The molecule has 0 bridgehead atoms. The molecule has 1 amide bonds. The van der Waals surface area contributed by atoms with E-state index in [0.717, 1.165) is 11.1 Å². The molecule has 3 rings (SSSR count). The van der Waals surface area contributed by atoms with Crippen molar-refractivity contribution in [2.75, 3.05) is 7.05 Å². The number of amides is 1. The van der Waals surface area contributed by atoms with E-state index in [9.17, 15) is 9.90 Å². The highest BCUT2D eigenvalue weighted by atomic mass is 16.3. The zero-order valence-corrected chi connectivity index (χ0v) is 12.9. The lowest BCUT2D eigenvalue weighted by molar-refractivity contribution is -0.132. The lowest BCUT2D eigenvalue weighted by Crippen LogP contribution is -2.47. The molecule has 0 saturated carbocycles. The first kappa shape index (κ1) is 14.8. The molecule has 114 valence electrons. The first-order valence-corrected chi connectivity index (χ1v) is 7.65. The predicted molar refractivity (Wildman–Crippen MR) is 86.2 cm³/mol. The van der Waals surface area contributed by atoms with Gasteiger partial charge in [-0.15, -0.1) is 0 Å². The van der Waals surface area contributed by atoms with Crippen LogP contribution in [0.5, 0.6) is 0 Å². The summed E-state index contributed by atoms with van der Waals surface area (Å²) in [6.07, 6.45) is 0.648. The summed E-state index contributed by atoms with van der Waals surface area (Å²) in [6, 6.07) is 19.0. The number of aliphatic hydroxyl groups is 1. The van der Waals surface area contributed by atoms with Crippen molar-refractivity contribution in [3.63, 3.8) is 0 Å². The maximum absolute atomic E-state index is 12.2. The number of hydrogen-bond donors (Lipinski definition) is 1. The maximum Gasteiger partial charge on any atom is 0.225 e. The Morgan fingerprint density at radius 2 is 1.45 bits per heavy atom. The van der Waals surface area contributed by atoms with E-state index in [1.165, 1.54) is 0 Å². The summed E-state index contributed by atoms with van der Waals surface area (Å²) in [7, 11) is 1.79. The van der Waals surface area contributed by atoms with E-state index in [2.05, 4.69) is 0 Å². The topological polar surface area (TPSA) is 40.5 Å². The summed E-state index contributed by atoms with van der Waals surface area (Å²) in [4.78, 5) is 13.9. The highest BCUT2D eigenvalue weighted by molar-refractivity contribution is 5.81. The Morgan fingerprint density at radius 3 is 1.82 bits per heavy atom.